The molecule has 0 saturated carbocycles. The van der Waals surface area contributed by atoms with Crippen LogP contribution < -0.4 is 0 Å². The third kappa shape index (κ3) is 5.50. The molecular weight excluding hydrogens is 415 g/mol. The molecule has 1 amide bonds. The maximum atomic E-state index is 12.9. The minimum absolute atomic E-state index is 0.0407. The van der Waals surface area contributed by atoms with Gasteiger partial charge >= 0.3 is 12.1 Å². The molecule has 0 aliphatic heterocycles. The van der Waals surface area contributed by atoms with Gasteiger partial charge in [0.1, 0.15) is 0 Å². The zero-order valence-electron chi connectivity index (χ0n) is 18.7. The number of aromatic nitrogens is 4. The Balaban J connectivity index is 2.12. The second-order valence-electron chi connectivity index (χ2n) is 7.97. The number of hydrogen-bond acceptors (Lipinski definition) is 6. The first-order valence-electron chi connectivity index (χ1n) is 10.1. The number of alkyl halides is 3. The number of esters is 1. The summed E-state index contributed by atoms with van der Waals surface area (Å²) in [5.74, 6) is -2.29. The highest BCUT2D eigenvalue weighted by atomic mass is 19.4. The molecular formula is C20H28F3N5O3. The number of amides is 1. The molecule has 11 heteroatoms. The van der Waals surface area contributed by atoms with Gasteiger partial charge in [-0.1, -0.05) is 0 Å². The van der Waals surface area contributed by atoms with E-state index in [0.717, 1.165) is 4.52 Å². The molecule has 0 spiro atoms. The first kappa shape index (κ1) is 24.5. The molecule has 0 aliphatic rings. The van der Waals surface area contributed by atoms with Crippen LogP contribution in [0.1, 0.15) is 63.8 Å². The maximum absolute atomic E-state index is 12.9. The number of ether oxygens (including phenoxy) is 1. The van der Waals surface area contributed by atoms with E-state index in [-0.39, 0.29) is 36.6 Å². The fraction of sp³-hybridized carbons (Fsp3) is 0.650. The van der Waals surface area contributed by atoms with Crippen molar-refractivity contribution in [3.05, 3.63) is 22.8 Å². The zero-order chi connectivity index (χ0) is 23.7. The smallest absolute Gasteiger partial charge is 0.453 e. The Bertz CT molecular complexity index is 961. The van der Waals surface area contributed by atoms with Crippen LogP contribution in [0.3, 0.4) is 0 Å². The molecule has 0 radical (unpaired) electrons. The molecule has 2 rings (SSSR count). The van der Waals surface area contributed by atoms with Crippen LogP contribution in [0.15, 0.2) is 0 Å². The van der Waals surface area contributed by atoms with E-state index in [1.165, 1.54) is 6.92 Å². The average molecular weight is 443 g/mol. The first-order valence-corrected chi connectivity index (χ1v) is 10.1. The molecule has 2 aromatic heterocycles. The van der Waals surface area contributed by atoms with Gasteiger partial charge in [-0.3, -0.25) is 9.59 Å². The lowest BCUT2D eigenvalue weighted by Gasteiger charge is -2.32. The van der Waals surface area contributed by atoms with E-state index in [1.807, 2.05) is 27.7 Å². The van der Waals surface area contributed by atoms with Crippen LogP contribution in [0.2, 0.25) is 0 Å². The molecule has 172 valence electrons. The quantitative estimate of drug-likeness (QED) is 0.610. The minimum atomic E-state index is -4.68. The lowest BCUT2D eigenvalue weighted by atomic mass is 10.1. The molecule has 0 aromatic carbocycles. The standard InChI is InChI=1S/C20H28F3N5O3/c1-10(2)27(11(3)4)17(30)14(7)31-16(29)9-8-15-12(5)24-19-25-18(20(21,22)23)26-28(19)13(15)6/h10-11,14H,8-9H2,1-7H3. The van der Waals surface area contributed by atoms with E-state index in [9.17, 15) is 22.8 Å². The van der Waals surface area contributed by atoms with Crippen LogP contribution in [0.4, 0.5) is 13.2 Å². The molecule has 31 heavy (non-hydrogen) atoms. The number of carbonyl (C=O) groups excluding carboxylic acids is 2. The summed E-state index contributed by atoms with van der Waals surface area (Å²) in [6, 6.07) is -0.0814. The molecule has 2 heterocycles. The van der Waals surface area contributed by atoms with Gasteiger partial charge in [0.05, 0.1) is 0 Å². The zero-order valence-corrected chi connectivity index (χ0v) is 18.7. The highest BCUT2D eigenvalue weighted by molar-refractivity contribution is 5.84. The van der Waals surface area contributed by atoms with Crippen LogP contribution in [0.25, 0.3) is 5.78 Å². The molecule has 1 unspecified atom stereocenters. The van der Waals surface area contributed by atoms with Crippen molar-refractivity contribution >= 4 is 17.7 Å². The topological polar surface area (TPSA) is 89.7 Å². The van der Waals surface area contributed by atoms with Crippen molar-refractivity contribution in [2.75, 3.05) is 0 Å². The normalized spacial score (nSPS) is 13.2. The molecule has 0 aliphatic carbocycles. The number of fused-ring (bicyclic) bond motifs is 1. The van der Waals surface area contributed by atoms with Gasteiger partial charge in [-0.25, -0.2) is 9.50 Å². The predicted molar refractivity (Wildman–Crippen MR) is 106 cm³/mol. The van der Waals surface area contributed by atoms with Crippen LogP contribution in [0.5, 0.6) is 0 Å². The molecule has 2 aromatic rings. The molecule has 8 nitrogen and oxygen atoms in total. The summed E-state index contributed by atoms with van der Waals surface area (Å²) < 4.78 is 45.0. The Morgan fingerprint density at radius 2 is 1.65 bits per heavy atom. The van der Waals surface area contributed by atoms with Gasteiger partial charge in [0.15, 0.2) is 6.10 Å². The molecule has 0 N–H and O–H groups in total. The van der Waals surface area contributed by atoms with Crippen LogP contribution in [-0.2, 0) is 26.9 Å². The maximum Gasteiger partial charge on any atom is 0.453 e. The number of hydrogen-bond donors (Lipinski definition) is 0. The van der Waals surface area contributed by atoms with Gasteiger partial charge in [0.25, 0.3) is 17.5 Å². The van der Waals surface area contributed by atoms with Gasteiger partial charge in [0, 0.05) is 29.9 Å². The van der Waals surface area contributed by atoms with E-state index in [0.29, 0.717) is 17.0 Å². The van der Waals surface area contributed by atoms with Crippen molar-refractivity contribution in [1.29, 1.82) is 0 Å². The third-order valence-electron chi connectivity index (χ3n) is 4.90. The van der Waals surface area contributed by atoms with E-state index < -0.39 is 24.1 Å². The number of aryl methyl sites for hydroxylation is 2. The van der Waals surface area contributed by atoms with E-state index in [1.54, 1.807) is 18.7 Å². The minimum Gasteiger partial charge on any atom is -0.453 e. The van der Waals surface area contributed by atoms with Crippen LogP contribution >= 0.6 is 0 Å². The SMILES string of the molecule is Cc1nc2nc(C(F)(F)F)nn2c(C)c1CCC(=O)OC(C)C(=O)N(C(C)C)C(C)C. The van der Waals surface area contributed by atoms with Gasteiger partial charge in [0.2, 0.25) is 0 Å². The third-order valence-corrected chi connectivity index (χ3v) is 4.90. The lowest BCUT2D eigenvalue weighted by molar-refractivity contribution is -0.161. The molecule has 0 fully saturated rings. The first-order chi connectivity index (χ1) is 14.2. The lowest BCUT2D eigenvalue weighted by Crippen LogP contribution is -2.47. The summed E-state index contributed by atoms with van der Waals surface area (Å²) in [7, 11) is 0. The Kier molecular flexibility index (Phi) is 7.28. The van der Waals surface area contributed by atoms with Gasteiger partial charge in [-0.2, -0.15) is 18.2 Å². The van der Waals surface area contributed by atoms with Crippen molar-refractivity contribution in [2.45, 2.75) is 85.7 Å². The highest BCUT2D eigenvalue weighted by Gasteiger charge is 2.37. The van der Waals surface area contributed by atoms with E-state index in [2.05, 4.69) is 15.1 Å². The van der Waals surface area contributed by atoms with Crippen LogP contribution in [-0.4, -0.2) is 54.5 Å². The number of rotatable bonds is 7. The monoisotopic (exact) mass is 443 g/mol. The Labute approximate surface area is 178 Å². The fourth-order valence-corrected chi connectivity index (χ4v) is 3.54. The van der Waals surface area contributed by atoms with Crippen molar-refractivity contribution in [3.8, 4) is 0 Å². The number of carbonyl (C=O) groups is 2. The summed E-state index contributed by atoms with van der Waals surface area (Å²) in [6.07, 6.45) is -5.50. The Hall–Kier alpha value is -2.72. The van der Waals surface area contributed by atoms with Crippen molar-refractivity contribution in [1.82, 2.24) is 24.5 Å². The van der Waals surface area contributed by atoms with E-state index in [4.69, 9.17) is 4.74 Å². The van der Waals surface area contributed by atoms with Crippen molar-refractivity contribution in [3.63, 3.8) is 0 Å². The van der Waals surface area contributed by atoms with Gasteiger partial charge in [-0.05, 0) is 60.5 Å². The molecule has 1 atom stereocenters. The number of halogens is 3. The van der Waals surface area contributed by atoms with Crippen LogP contribution in [0, 0.1) is 13.8 Å². The largest absolute Gasteiger partial charge is 0.453 e. The van der Waals surface area contributed by atoms with E-state index >= 15 is 0 Å². The summed E-state index contributed by atoms with van der Waals surface area (Å²) >= 11 is 0. The fourth-order valence-electron chi connectivity index (χ4n) is 3.54. The summed E-state index contributed by atoms with van der Waals surface area (Å²) in [5, 5.41) is 3.49. The average Bonchev–Trinajstić information content (AvgIpc) is 3.05. The molecule has 0 saturated heterocycles. The number of nitrogens with zero attached hydrogens (tertiary/aromatic N) is 5. The summed E-state index contributed by atoms with van der Waals surface area (Å²) in [4.78, 5) is 34.1. The second-order valence-corrected chi connectivity index (χ2v) is 7.97. The highest BCUT2D eigenvalue weighted by Crippen LogP contribution is 2.27. The van der Waals surface area contributed by atoms with Crippen molar-refractivity contribution < 1.29 is 27.5 Å². The Morgan fingerprint density at radius 3 is 2.16 bits per heavy atom. The predicted octanol–water partition coefficient (Wildman–Crippen LogP) is 3.27. The van der Waals surface area contributed by atoms with Gasteiger partial charge < -0.3 is 9.64 Å². The molecule has 0 bridgehead atoms. The second kappa shape index (κ2) is 9.19. The van der Waals surface area contributed by atoms with Crippen molar-refractivity contribution in [2.24, 2.45) is 0 Å². The Morgan fingerprint density at radius 1 is 1.06 bits per heavy atom. The summed E-state index contributed by atoms with van der Waals surface area (Å²) in [5.41, 5.74) is 1.44. The summed E-state index contributed by atoms with van der Waals surface area (Å²) in [6.45, 7) is 12.3. The van der Waals surface area contributed by atoms with Gasteiger partial charge in [-0.15, -0.1) is 5.10 Å².